The number of aromatic nitrogens is 2. The van der Waals surface area contributed by atoms with Crippen LogP contribution in [0.5, 0.6) is 5.75 Å². The third-order valence-electron chi connectivity index (χ3n) is 16.0. The second kappa shape index (κ2) is 51.2. The maximum absolute atomic E-state index is 13.9. The van der Waals surface area contributed by atoms with Crippen LogP contribution in [0.1, 0.15) is 154 Å². The summed E-state index contributed by atoms with van der Waals surface area (Å²) in [6.07, 6.45) is -0.240. The van der Waals surface area contributed by atoms with Crippen LogP contribution < -0.4 is 16.2 Å². The molecule has 0 bridgehead atoms. The number of carbonyl (C=O) groups is 8. The van der Waals surface area contributed by atoms with Crippen LogP contribution >= 0.6 is 12.6 Å². The van der Waals surface area contributed by atoms with Crippen molar-refractivity contribution in [2.24, 2.45) is 0 Å². The molecule has 9 atom stereocenters. The van der Waals surface area contributed by atoms with Gasteiger partial charge in [0.25, 0.3) is 5.56 Å². The van der Waals surface area contributed by atoms with Crippen molar-refractivity contribution in [1.82, 2.24) is 20.2 Å². The predicted octanol–water partition coefficient (Wildman–Crippen LogP) is 3.28. The quantitative estimate of drug-likeness (QED) is 0.0131. The minimum atomic E-state index is -1.94. The summed E-state index contributed by atoms with van der Waals surface area (Å²) in [7, 11) is 5.68. The predicted molar refractivity (Wildman–Crippen MR) is 371 cm³/mol. The Balaban J connectivity index is 0.000000569. The van der Waals surface area contributed by atoms with E-state index in [0.717, 1.165) is 16.5 Å². The van der Waals surface area contributed by atoms with Gasteiger partial charge in [0.05, 0.1) is 86.5 Å². The zero-order valence-electron chi connectivity index (χ0n) is 60.7. The van der Waals surface area contributed by atoms with Gasteiger partial charge in [0.2, 0.25) is 17.4 Å². The molecule has 9 N–H and O–H groups in total. The number of rotatable bonds is 46. The van der Waals surface area contributed by atoms with Crippen LogP contribution in [0.3, 0.4) is 0 Å². The Kier molecular flexibility index (Phi) is 45.8. The molecule has 0 radical (unpaired) electrons. The summed E-state index contributed by atoms with van der Waals surface area (Å²) in [5, 5.41) is 69.1. The molecule has 33 nitrogen and oxygen atoms in total. The fourth-order valence-corrected chi connectivity index (χ4v) is 10.1. The van der Waals surface area contributed by atoms with E-state index in [9.17, 15) is 53.4 Å². The summed E-state index contributed by atoms with van der Waals surface area (Å²) in [4.78, 5) is 114. The molecule has 1 aromatic carbocycles. The van der Waals surface area contributed by atoms with Gasteiger partial charge in [-0.1, -0.05) is 41.5 Å². The molecule has 8 unspecified atom stereocenters. The SMILES string of the molecule is CCC(CO)OC(CO)OC.CCC(CO)OC(COC(=O)CCCC(=O)NCCS)OC.CCC(CO)OC(COC(=O)CCCC(=O)O)OC.CCc1c2c(nc3ccc(O)cc13)-c1cc3c(c(=O)n1C2)COC(=O)[C@@]3(CC)OC(=O)CNC(=O)CCCC(=O)OCC(OC)OC(CC)CO. The number of aliphatic carboxylic acids is 1. The number of cyclic esters (lactones) is 1. The number of phenols is 1. The minimum Gasteiger partial charge on any atom is -0.508 e. The van der Waals surface area contributed by atoms with E-state index < -0.39 is 90.7 Å². The number of thiol groups is 1. The number of aryl methyl sites for hydroxylation is 1. The van der Waals surface area contributed by atoms with Crippen molar-refractivity contribution >= 4 is 71.2 Å². The van der Waals surface area contributed by atoms with Gasteiger partial charge < -0.3 is 113 Å². The summed E-state index contributed by atoms with van der Waals surface area (Å²) in [6.45, 7) is 9.94. The zero-order chi connectivity index (χ0) is 77.0. The molecule has 0 aliphatic carbocycles. The van der Waals surface area contributed by atoms with Crippen molar-refractivity contribution in [2.45, 2.75) is 206 Å². The number of nitrogens with zero attached hydrogens (tertiary/aromatic N) is 2. The number of fused-ring (bicyclic) bond motifs is 5. The molecule has 0 spiro atoms. The number of hydrogen-bond acceptors (Lipinski definition) is 30. The molecule has 2 aliphatic rings. The monoisotopic (exact) mass is 1490 g/mol. The average Bonchev–Trinajstić information content (AvgIpc) is 1.63. The standard InChI is InChI=1S/C36H43N3O12.C14H27NO6S.C12H22O7.C7H16O4/c1-5-21(17-40)50-32(47-4)19-48-30(43)10-8-9-29(42)37-15-31(44)51-36(7-3)26-14-28-33-24(16-39(28)34(45)25(26)18-49-35(36)46)22(6-2)23-13-20(41)11-12-27(23)38-33;1-3-11(9-16)21-14(19-2)10-20-13(18)6-4-5-12(17)15-7-8-22;1-3-9(7-13)19-12(17-2)8-18-11(16)6-4-5-10(14)15;1-3-6(4-8)11-7(5-9)10-2/h11-14,21,32,40-41H,5-10,15-19H2,1-4H3,(H,37,42);11,14,16,22H,3-10H2,1-2H3,(H,15,17);9,12-13H,3-8H2,1-2H3,(H,14,15);6-9H,3-5H2,1-2H3/t21?,32?,36-;;;/m0.../s1. The van der Waals surface area contributed by atoms with E-state index in [-0.39, 0.29) is 165 Å². The maximum atomic E-state index is 13.9. The van der Waals surface area contributed by atoms with E-state index in [1.807, 2.05) is 34.6 Å². The number of nitrogens with one attached hydrogen (secondary N) is 2. The Hall–Kier alpha value is -7.03. The van der Waals surface area contributed by atoms with Crippen LogP contribution in [0.15, 0.2) is 29.1 Å². The summed E-state index contributed by atoms with van der Waals surface area (Å²) in [6, 6.07) is 6.55. The van der Waals surface area contributed by atoms with Crippen LogP contribution in [0.2, 0.25) is 0 Å². The highest BCUT2D eigenvalue weighted by molar-refractivity contribution is 7.80. The number of ether oxygens (including phenoxy) is 13. The van der Waals surface area contributed by atoms with Crippen molar-refractivity contribution in [3.63, 3.8) is 0 Å². The van der Waals surface area contributed by atoms with Crippen LogP contribution in [-0.4, -0.2) is 243 Å². The van der Waals surface area contributed by atoms with Crippen molar-refractivity contribution in [1.29, 1.82) is 0 Å². The number of esters is 5. The number of amides is 2. The second-order valence-electron chi connectivity index (χ2n) is 23.1. The molecule has 0 saturated heterocycles. The molecule has 584 valence electrons. The van der Waals surface area contributed by atoms with E-state index >= 15 is 0 Å². The number of carboxylic acid groups (broad SMARTS) is 1. The lowest BCUT2D eigenvalue weighted by atomic mass is 9.85. The largest absolute Gasteiger partial charge is 0.508 e. The molecule has 2 aromatic heterocycles. The van der Waals surface area contributed by atoms with E-state index in [1.54, 1.807) is 35.8 Å². The smallest absolute Gasteiger partial charge is 0.355 e. The first kappa shape index (κ1) is 92.1. The number of benzene rings is 1. The molecule has 4 heterocycles. The fourth-order valence-electron chi connectivity index (χ4n) is 9.95. The van der Waals surface area contributed by atoms with E-state index in [0.29, 0.717) is 67.7 Å². The van der Waals surface area contributed by atoms with Gasteiger partial charge in [0.15, 0.2) is 25.2 Å². The molecule has 34 heteroatoms. The molecule has 3 aromatic rings. The van der Waals surface area contributed by atoms with Crippen LogP contribution in [-0.2, 0) is 125 Å². The Morgan fingerprint density at radius 2 is 1.06 bits per heavy atom. The third-order valence-corrected chi connectivity index (χ3v) is 16.2. The van der Waals surface area contributed by atoms with Gasteiger partial charge in [-0.15, -0.1) is 0 Å². The number of hydrogen-bond donors (Lipinski definition) is 10. The molecule has 0 saturated carbocycles. The maximum Gasteiger partial charge on any atom is 0.355 e. The first-order valence-corrected chi connectivity index (χ1v) is 34.9. The van der Waals surface area contributed by atoms with E-state index in [4.69, 9.17) is 92.1 Å². The van der Waals surface area contributed by atoms with Crippen molar-refractivity contribution in [2.75, 3.05) is 100 Å². The normalized spacial score (nSPS) is 15.7. The lowest BCUT2D eigenvalue weighted by molar-refractivity contribution is -0.194. The summed E-state index contributed by atoms with van der Waals surface area (Å²) in [5.74, 6) is -4.14. The van der Waals surface area contributed by atoms with Crippen LogP contribution in [0.4, 0.5) is 0 Å². The highest BCUT2D eigenvalue weighted by Crippen LogP contribution is 2.42. The van der Waals surface area contributed by atoms with E-state index in [2.05, 4.69) is 23.3 Å². The Morgan fingerprint density at radius 3 is 1.47 bits per heavy atom. The number of aromatic hydroxyl groups is 1. The minimum absolute atomic E-state index is 0.0416. The van der Waals surface area contributed by atoms with Gasteiger partial charge in [-0.25, -0.2) is 9.78 Å². The van der Waals surface area contributed by atoms with E-state index in [1.165, 1.54) is 28.4 Å². The Labute approximate surface area is 605 Å². The van der Waals surface area contributed by atoms with Crippen LogP contribution in [0.25, 0.3) is 22.3 Å². The summed E-state index contributed by atoms with van der Waals surface area (Å²) in [5.41, 5.74) is 1.48. The molecular formula is C69H108N4O29S. The fraction of sp³-hybridized carbons (Fsp3) is 0.681. The van der Waals surface area contributed by atoms with Crippen molar-refractivity contribution in [3.05, 3.63) is 56.9 Å². The summed E-state index contributed by atoms with van der Waals surface area (Å²) < 4.78 is 69.1. The topological polar surface area (TPSA) is 457 Å². The molecule has 2 aliphatic heterocycles. The average molecular weight is 1490 g/mol. The van der Waals surface area contributed by atoms with Gasteiger partial charge in [0.1, 0.15) is 38.7 Å². The number of carbonyl (C=O) groups excluding carboxylic acids is 7. The number of pyridine rings is 2. The molecule has 5 rings (SSSR count). The second-order valence-corrected chi connectivity index (χ2v) is 23.6. The lowest BCUT2D eigenvalue weighted by Gasteiger charge is -2.35. The van der Waals surface area contributed by atoms with Gasteiger partial charge in [0, 0.05) is 95.8 Å². The highest BCUT2D eigenvalue weighted by Gasteiger charge is 2.50. The van der Waals surface area contributed by atoms with Gasteiger partial charge >= 0.3 is 35.8 Å². The highest BCUT2D eigenvalue weighted by atomic mass is 32.1. The Bertz CT molecular complexity index is 3110. The van der Waals surface area contributed by atoms with Gasteiger partial charge in [-0.2, -0.15) is 12.6 Å². The van der Waals surface area contributed by atoms with Crippen LogP contribution in [0, 0.1) is 0 Å². The van der Waals surface area contributed by atoms with Gasteiger partial charge in [-0.3, -0.25) is 38.4 Å². The number of aliphatic hydroxyl groups is 5. The lowest BCUT2D eigenvalue weighted by Crippen LogP contribution is -2.48. The molecular weight excluding hydrogens is 1380 g/mol. The first-order valence-electron chi connectivity index (χ1n) is 34.3. The summed E-state index contributed by atoms with van der Waals surface area (Å²) >= 11 is 3.98. The molecule has 2 amide bonds. The molecule has 103 heavy (non-hydrogen) atoms. The molecule has 0 fully saturated rings. The number of carboxylic acids is 1. The number of methoxy groups -OCH3 is 4. The van der Waals surface area contributed by atoms with Crippen molar-refractivity contribution in [3.8, 4) is 17.1 Å². The first-order chi connectivity index (χ1) is 49.4. The zero-order valence-corrected chi connectivity index (χ0v) is 61.6. The van der Waals surface area contributed by atoms with Crippen molar-refractivity contribution < 1.29 is 136 Å². The Morgan fingerprint density at radius 1 is 0.602 bits per heavy atom. The van der Waals surface area contributed by atoms with Gasteiger partial charge in [-0.05, 0) is 87.6 Å². The third kappa shape index (κ3) is 31.7. The number of phenolic OH excluding ortho intramolecular Hbond substituents is 1. The number of aliphatic hydroxyl groups excluding tert-OH is 5.